The van der Waals surface area contributed by atoms with Crippen molar-refractivity contribution >= 4 is 11.6 Å². The van der Waals surface area contributed by atoms with E-state index in [1.165, 1.54) is 0 Å². The molecule has 1 aliphatic heterocycles. The minimum Gasteiger partial charge on any atom is -0.381 e. The van der Waals surface area contributed by atoms with Crippen LogP contribution in [0.1, 0.15) is 35.9 Å². The molecule has 5 heteroatoms. The van der Waals surface area contributed by atoms with Crippen molar-refractivity contribution in [3.8, 4) is 0 Å². The summed E-state index contributed by atoms with van der Waals surface area (Å²) in [7, 11) is 0. The van der Waals surface area contributed by atoms with Gasteiger partial charge >= 0.3 is 0 Å². The van der Waals surface area contributed by atoms with Crippen molar-refractivity contribution < 1.29 is 9.53 Å². The van der Waals surface area contributed by atoms with Gasteiger partial charge in [-0.05, 0) is 24.0 Å². The normalized spacial score (nSPS) is 15.0. The lowest BCUT2D eigenvalue weighted by molar-refractivity contribution is -0.116. The topological polar surface area (TPSA) is 56.2 Å². The van der Waals surface area contributed by atoms with Crippen molar-refractivity contribution in [2.45, 2.75) is 24.8 Å². The van der Waals surface area contributed by atoms with Crippen LogP contribution in [0.4, 0.5) is 5.69 Å². The Balaban J connectivity index is 1.55. The molecule has 0 unspecified atom stereocenters. The van der Waals surface area contributed by atoms with Gasteiger partial charge in [0, 0.05) is 19.4 Å². The SMILES string of the molecule is O=C(Nc1cnn(C2CCOCC2)c1)C(c1ccccc1)c1ccccc1. The van der Waals surface area contributed by atoms with Crippen LogP contribution >= 0.6 is 0 Å². The number of ether oxygens (including phenoxy) is 1. The van der Waals surface area contributed by atoms with Gasteiger partial charge in [0.25, 0.3) is 0 Å². The van der Waals surface area contributed by atoms with Crippen LogP contribution in [0, 0.1) is 0 Å². The summed E-state index contributed by atoms with van der Waals surface area (Å²) in [6, 6.07) is 20.1. The molecule has 1 aliphatic rings. The Kier molecular flexibility index (Phi) is 5.30. The fourth-order valence-electron chi connectivity index (χ4n) is 3.55. The van der Waals surface area contributed by atoms with Gasteiger partial charge in [-0.15, -0.1) is 0 Å². The van der Waals surface area contributed by atoms with Crippen LogP contribution in [0.5, 0.6) is 0 Å². The molecule has 2 heterocycles. The van der Waals surface area contributed by atoms with E-state index in [-0.39, 0.29) is 11.8 Å². The molecule has 0 spiro atoms. The lowest BCUT2D eigenvalue weighted by Crippen LogP contribution is -2.22. The molecule has 0 saturated carbocycles. The van der Waals surface area contributed by atoms with Crippen LogP contribution in [-0.2, 0) is 9.53 Å². The zero-order valence-electron chi connectivity index (χ0n) is 15.1. The third kappa shape index (κ3) is 4.09. The fraction of sp³-hybridized carbons (Fsp3) is 0.273. The zero-order valence-corrected chi connectivity index (χ0v) is 15.1. The third-order valence-corrected chi connectivity index (χ3v) is 4.96. The largest absolute Gasteiger partial charge is 0.381 e. The predicted octanol–water partition coefficient (Wildman–Crippen LogP) is 4.01. The lowest BCUT2D eigenvalue weighted by atomic mass is 9.90. The molecule has 0 bridgehead atoms. The van der Waals surface area contributed by atoms with Crippen molar-refractivity contribution in [3.63, 3.8) is 0 Å². The van der Waals surface area contributed by atoms with Crippen molar-refractivity contribution in [1.82, 2.24) is 9.78 Å². The molecule has 1 aromatic heterocycles. The summed E-state index contributed by atoms with van der Waals surface area (Å²) >= 11 is 0. The highest BCUT2D eigenvalue weighted by molar-refractivity contribution is 5.98. The molecular formula is C22H23N3O2. The summed E-state index contributed by atoms with van der Waals surface area (Å²) in [5, 5.41) is 7.49. The first-order chi connectivity index (χ1) is 13.3. The molecule has 5 nitrogen and oxygen atoms in total. The standard InChI is InChI=1S/C22H23N3O2/c26-22(24-19-15-23-25(16-19)20-11-13-27-14-12-20)21(17-7-3-1-4-8-17)18-9-5-2-6-10-18/h1-10,15-16,20-21H,11-14H2,(H,24,26). The van der Waals surface area contributed by atoms with Gasteiger partial charge in [-0.2, -0.15) is 5.10 Å². The fourth-order valence-corrected chi connectivity index (χ4v) is 3.55. The van der Waals surface area contributed by atoms with Gasteiger partial charge < -0.3 is 10.1 Å². The summed E-state index contributed by atoms with van der Waals surface area (Å²) in [4.78, 5) is 13.1. The Morgan fingerprint density at radius 3 is 2.19 bits per heavy atom. The summed E-state index contributed by atoms with van der Waals surface area (Å²) in [6.07, 6.45) is 5.54. The van der Waals surface area contributed by atoms with Crippen LogP contribution in [-0.4, -0.2) is 28.9 Å². The Labute approximate surface area is 159 Å². The van der Waals surface area contributed by atoms with Gasteiger partial charge in [-0.25, -0.2) is 0 Å². The maximum Gasteiger partial charge on any atom is 0.236 e. The van der Waals surface area contributed by atoms with E-state index in [4.69, 9.17) is 4.74 Å². The number of aromatic nitrogens is 2. The maximum absolute atomic E-state index is 13.1. The third-order valence-electron chi connectivity index (χ3n) is 4.96. The van der Waals surface area contributed by atoms with E-state index in [9.17, 15) is 4.79 Å². The van der Waals surface area contributed by atoms with E-state index < -0.39 is 0 Å². The first kappa shape index (κ1) is 17.5. The molecule has 3 aromatic rings. The number of hydrogen-bond acceptors (Lipinski definition) is 3. The van der Waals surface area contributed by atoms with Gasteiger partial charge in [0.15, 0.2) is 0 Å². The quantitative estimate of drug-likeness (QED) is 0.747. The molecule has 1 N–H and O–H groups in total. The van der Waals surface area contributed by atoms with E-state index in [1.54, 1.807) is 6.20 Å². The number of hydrogen-bond donors (Lipinski definition) is 1. The van der Waals surface area contributed by atoms with Crippen molar-refractivity contribution in [2.75, 3.05) is 18.5 Å². The minimum absolute atomic E-state index is 0.0565. The first-order valence-corrected chi connectivity index (χ1v) is 9.34. The van der Waals surface area contributed by atoms with Gasteiger partial charge in [0.2, 0.25) is 5.91 Å². The average molecular weight is 361 g/mol. The number of rotatable bonds is 5. The van der Waals surface area contributed by atoms with Crippen LogP contribution in [0.3, 0.4) is 0 Å². The Bertz CT molecular complexity index is 831. The van der Waals surface area contributed by atoms with E-state index in [0.717, 1.165) is 42.9 Å². The van der Waals surface area contributed by atoms with Crippen LogP contribution < -0.4 is 5.32 Å². The van der Waals surface area contributed by atoms with E-state index in [2.05, 4.69) is 10.4 Å². The number of amides is 1. The van der Waals surface area contributed by atoms with Crippen molar-refractivity contribution in [2.24, 2.45) is 0 Å². The molecule has 1 fully saturated rings. The predicted molar refractivity (Wildman–Crippen MR) is 105 cm³/mol. The Hall–Kier alpha value is -2.92. The number of benzene rings is 2. The molecule has 4 rings (SSSR count). The highest BCUT2D eigenvalue weighted by atomic mass is 16.5. The van der Waals surface area contributed by atoms with Gasteiger partial charge in [-0.3, -0.25) is 9.48 Å². The van der Waals surface area contributed by atoms with Crippen molar-refractivity contribution in [3.05, 3.63) is 84.2 Å². The van der Waals surface area contributed by atoms with E-state index in [0.29, 0.717) is 6.04 Å². The number of nitrogens with one attached hydrogen (secondary N) is 1. The molecule has 1 amide bonds. The van der Waals surface area contributed by atoms with Crippen LogP contribution in [0.15, 0.2) is 73.1 Å². The van der Waals surface area contributed by atoms with E-state index in [1.807, 2.05) is 71.5 Å². The smallest absolute Gasteiger partial charge is 0.236 e. The highest BCUT2D eigenvalue weighted by Crippen LogP contribution is 2.27. The molecule has 0 atom stereocenters. The second-order valence-electron chi connectivity index (χ2n) is 6.80. The molecule has 138 valence electrons. The molecule has 0 aliphatic carbocycles. The molecule has 0 radical (unpaired) electrons. The second-order valence-corrected chi connectivity index (χ2v) is 6.80. The number of carbonyl (C=O) groups is 1. The number of nitrogens with zero attached hydrogens (tertiary/aromatic N) is 2. The first-order valence-electron chi connectivity index (χ1n) is 9.34. The number of anilines is 1. The molecule has 2 aromatic carbocycles. The van der Waals surface area contributed by atoms with Gasteiger partial charge in [0.05, 0.1) is 23.8 Å². The monoisotopic (exact) mass is 361 g/mol. The second kappa shape index (κ2) is 8.18. The maximum atomic E-state index is 13.1. The zero-order chi connectivity index (χ0) is 18.5. The minimum atomic E-state index is -0.362. The molecular weight excluding hydrogens is 338 g/mol. The average Bonchev–Trinajstić information content (AvgIpc) is 3.19. The number of carbonyl (C=O) groups excluding carboxylic acids is 1. The Morgan fingerprint density at radius 1 is 1.00 bits per heavy atom. The summed E-state index contributed by atoms with van der Waals surface area (Å²) < 4.78 is 7.35. The van der Waals surface area contributed by atoms with Crippen molar-refractivity contribution in [1.29, 1.82) is 0 Å². The van der Waals surface area contributed by atoms with Gasteiger partial charge in [0.1, 0.15) is 0 Å². The molecule has 1 saturated heterocycles. The van der Waals surface area contributed by atoms with E-state index >= 15 is 0 Å². The Morgan fingerprint density at radius 2 is 1.59 bits per heavy atom. The molecule has 27 heavy (non-hydrogen) atoms. The van der Waals surface area contributed by atoms with Crippen LogP contribution in [0.25, 0.3) is 0 Å². The van der Waals surface area contributed by atoms with Gasteiger partial charge in [-0.1, -0.05) is 60.7 Å². The summed E-state index contributed by atoms with van der Waals surface area (Å²) in [5.74, 6) is -0.419. The summed E-state index contributed by atoms with van der Waals surface area (Å²) in [6.45, 7) is 1.52. The highest BCUT2D eigenvalue weighted by Gasteiger charge is 2.23. The summed E-state index contributed by atoms with van der Waals surface area (Å²) in [5.41, 5.74) is 2.67. The lowest BCUT2D eigenvalue weighted by Gasteiger charge is -2.22. The van der Waals surface area contributed by atoms with Crippen LogP contribution in [0.2, 0.25) is 0 Å².